The maximum Gasteiger partial charge on any atom is 0.255 e. The molecule has 0 spiro atoms. The molecule has 3 aliphatic heterocycles. The Morgan fingerprint density at radius 1 is 1.00 bits per heavy atom. The normalized spacial score (nSPS) is 12.7. The highest BCUT2D eigenvalue weighted by Gasteiger charge is 2.14. The van der Waals surface area contributed by atoms with Crippen molar-refractivity contribution in [2.45, 2.75) is 20.5 Å². The van der Waals surface area contributed by atoms with E-state index in [2.05, 4.69) is 34.4 Å². The summed E-state index contributed by atoms with van der Waals surface area (Å²) in [5, 5.41) is 6.16. The van der Waals surface area contributed by atoms with E-state index in [0.717, 1.165) is 17.0 Å². The van der Waals surface area contributed by atoms with Gasteiger partial charge in [-0.25, -0.2) is 9.97 Å². The number of nitrogen functional groups attached to an aromatic ring is 1. The Morgan fingerprint density at radius 3 is 2.58 bits per heavy atom. The van der Waals surface area contributed by atoms with Gasteiger partial charge in [0, 0.05) is 39.9 Å². The van der Waals surface area contributed by atoms with E-state index < -0.39 is 0 Å². The van der Waals surface area contributed by atoms with Crippen LogP contribution in [0, 0.1) is 5.92 Å². The molecule has 8 nitrogen and oxygen atoms in total. The molecule has 0 unspecified atom stereocenters. The third-order valence-corrected chi connectivity index (χ3v) is 5.64. The molecule has 0 saturated heterocycles. The van der Waals surface area contributed by atoms with Crippen molar-refractivity contribution in [3.05, 3.63) is 84.1 Å². The number of hydrogen-bond donors (Lipinski definition) is 3. The molecule has 4 aromatic rings. The van der Waals surface area contributed by atoms with Crippen molar-refractivity contribution in [2.75, 3.05) is 23.0 Å². The average Bonchev–Trinajstić information content (AvgIpc) is 2.87. The zero-order valence-corrected chi connectivity index (χ0v) is 20.1. The summed E-state index contributed by atoms with van der Waals surface area (Å²) in [4.78, 5) is 21.8. The predicted molar refractivity (Wildman–Crippen MR) is 141 cm³/mol. The minimum absolute atomic E-state index is 0.257. The topological polar surface area (TPSA) is 111 Å². The minimum Gasteiger partial charge on any atom is -0.493 e. The molecular weight excluding hydrogens is 454 g/mol. The zero-order chi connectivity index (χ0) is 25.1. The summed E-state index contributed by atoms with van der Waals surface area (Å²) in [5.41, 5.74) is 10.9. The van der Waals surface area contributed by atoms with Crippen molar-refractivity contribution in [3.8, 4) is 22.8 Å². The third-order valence-electron chi connectivity index (χ3n) is 5.64. The van der Waals surface area contributed by atoms with E-state index in [1.165, 1.54) is 0 Å². The fraction of sp³-hybridized carbons (Fsp3) is 0.179. The van der Waals surface area contributed by atoms with Crippen LogP contribution in [0.5, 0.6) is 11.5 Å². The average molecular weight is 482 g/mol. The van der Waals surface area contributed by atoms with Crippen molar-refractivity contribution in [1.29, 1.82) is 0 Å². The van der Waals surface area contributed by atoms with Crippen LogP contribution in [0.1, 0.15) is 29.8 Å². The van der Waals surface area contributed by atoms with Gasteiger partial charge < -0.3 is 25.8 Å². The molecule has 0 aliphatic carbocycles. The summed E-state index contributed by atoms with van der Waals surface area (Å²) in [7, 11) is 0. The fourth-order valence-corrected chi connectivity index (χ4v) is 3.80. The first-order valence-corrected chi connectivity index (χ1v) is 11.7. The van der Waals surface area contributed by atoms with Crippen LogP contribution in [-0.2, 0) is 6.61 Å². The van der Waals surface area contributed by atoms with Crippen molar-refractivity contribution in [1.82, 2.24) is 9.97 Å². The molecule has 8 bridgehead atoms. The van der Waals surface area contributed by atoms with Crippen LogP contribution in [0.4, 0.5) is 23.0 Å². The van der Waals surface area contributed by atoms with E-state index >= 15 is 0 Å². The highest BCUT2D eigenvalue weighted by atomic mass is 16.5. The van der Waals surface area contributed by atoms with E-state index in [0.29, 0.717) is 59.0 Å². The molecule has 0 radical (unpaired) electrons. The predicted octanol–water partition coefficient (Wildman–Crippen LogP) is 5.65. The Bertz CT molecular complexity index is 1400. The number of carbonyl (C=O) groups excluding carboxylic acids is 1. The molecule has 1 aromatic heterocycles. The zero-order valence-electron chi connectivity index (χ0n) is 20.1. The quantitative estimate of drug-likeness (QED) is 0.324. The Hall–Kier alpha value is -4.59. The molecule has 36 heavy (non-hydrogen) atoms. The summed E-state index contributed by atoms with van der Waals surface area (Å²) in [6, 6.07) is 20.0. The number of amides is 1. The molecule has 182 valence electrons. The summed E-state index contributed by atoms with van der Waals surface area (Å²) in [6.45, 7) is 5.11. The Morgan fingerprint density at radius 2 is 1.81 bits per heavy atom. The largest absolute Gasteiger partial charge is 0.493 e. The smallest absolute Gasteiger partial charge is 0.255 e. The van der Waals surface area contributed by atoms with E-state index in [1.807, 2.05) is 30.3 Å². The fourth-order valence-electron chi connectivity index (χ4n) is 3.80. The number of carbonyl (C=O) groups is 1. The number of fused-ring (bicyclic) bond motifs is 2. The van der Waals surface area contributed by atoms with E-state index in [-0.39, 0.29) is 5.91 Å². The van der Waals surface area contributed by atoms with Gasteiger partial charge in [0.2, 0.25) is 5.95 Å². The lowest BCUT2D eigenvalue weighted by Gasteiger charge is -2.16. The summed E-state index contributed by atoms with van der Waals surface area (Å²) in [6.07, 6.45) is 1.67. The SMILES string of the molecule is CC(C)COc1ccc2cc1COc1ccc(cc1)NC(=O)c1ccc(c(N)c1)-c1ccnc(n1)N2. The monoisotopic (exact) mass is 481 g/mol. The van der Waals surface area contributed by atoms with Crippen LogP contribution in [0.15, 0.2) is 72.9 Å². The summed E-state index contributed by atoms with van der Waals surface area (Å²) in [5.74, 6) is 1.98. The molecule has 4 heterocycles. The van der Waals surface area contributed by atoms with Crippen LogP contribution in [0.3, 0.4) is 0 Å². The number of ether oxygens (including phenoxy) is 2. The maximum atomic E-state index is 12.8. The lowest BCUT2D eigenvalue weighted by Crippen LogP contribution is -2.12. The number of benzene rings is 3. The van der Waals surface area contributed by atoms with E-state index in [4.69, 9.17) is 15.2 Å². The molecule has 3 aromatic carbocycles. The van der Waals surface area contributed by atoms with Gasteiger partial charge in [0.15, 0.2) is 0 Å². The standard InChI is InChI=1S/C28H27N5O3/c1-17(2)15-36-26-10-6-21-13-19(26)16-35-22-7-4-20(5-8-22)31-27(34)18-3-9-23(24(29)14-18)25-11-12-30-28(32-21)33-25/h3-14,17H,15-16,29H2,1-2H3,(H,31,34)(H,30,32,33). The van der Waals surface area contributed by atoms with Gasteiger partial charge in [-0.2, -0.15) is 0 Å². The number of anilines is 4. The van der Waals surface area contributed by atoms with Crippen LogP contribution in [-0.4, -0.2) is 22.5 Å². The van der Waals surface area contributed by atoms with Gasteiger partial charge in [-0.1, -0.05) is 13.8 Å². The Labute approximate surface area is 209 Å². The highest BCUT2D eigenvalue weighted by molar-refractivity contribution is 6.05. The number of nitrogens with zero attached hydrogens (tertiary/aromatic N) is 2. The summed E-state index contributed by atoms with van der Waals surface area (Å²) >= 11 is 0. The Balaban J connectivity index is 1.56. The van der Waals surface area contributed by atoms with Gasteiger partial charge in [0.25, 0.3) is 5.91 Å². The van der Waals surface area contributed by atoms with Crippen LogP contribution < -0.4 is 25.8 Å². The molecule has 0 atom stereocenters. The first kappa shape index (κ1) is 23.2. The Kier molecular flexibility index (Phi) is 6.40. The van der Waals surface area contributed by atoms with Crippen LogP contribution in [0.2, 0.25) is 0 Å². The third kappa shape index (κ3) is 5.22. The number of aromatic nitrogens is 2. The maximum absolute atomic E-state index is 12.8. The van der Waals surface area contributed by atoms with Crippen molar-refractivity contribution in [3.63, 3.8) is 0 Å². The molecule has 4 N–H and O–H groups in total. The van der Waals surface area contributed by atoms with Crippen LogP contribution in [0.25, 0.3) is 11.3 Å². The highest BCUT2D eigenvalue weighted by Crippen LogP contribution is 2.29. The van der Waals surface area contributed by atoms with Crippen LogP contribution >= 0.6 is 0 Å². The van der Waals surface area contributed by atoms with Crippen molar-refractivity contribution < 1.29 is 14.3 Å². The summed E-state index contributed by atoms with van der Waals surface area (Å²) < 4.78 is 12.1. The molecular formula is C28H27N5O3. The lowest BCUT2D eigenvalue weighted by molar-refractivity contribution is 0.102. The molecule has 3 aliphatic rings. The van der Waals surface area contributed by atoms with E-state index in [9.17, 15) is 4.79 Å². The minimum atomic E-state index is -0.257. The molecule has 0 fully saturated rings. The molecule has 0 saturated carbocycles. The lowest BCUT2D eigenvalue weighted by atomic mass is 10.1. The first-order chi connectivity index (χ1) is 17.4. The number of nitrogens with two attached hydrogens (primary N) is 1. The molecule has 7 rings (SSSR count). The molecule has 8 heteroatoms. The van der Waals surface area contributed by atoms with Crippen molar-refractivity contribution in [2.24, 2.45) is 5.92 Å². The molecule has 1 amide bonds. The first-order valence-electron chi connectivity index (χ1n) is 11.7. The number of hydrogen-bond acceptors (Lipinski definition) is 7. The second-order valence-electron chi connectivity index (χ2n) is 8.99. The van der Waals surface area contributed by atoms with Crippen molar-refractivity contribution >= 4 is 28.9 Å². The van der Waals surface area contributed by atoms with Gasteiger partial charge in [-0.3, -0.25) is 4.79 Å². The second-order valence-corrected chi connectivity index (χ2v) is 8.99. The number of rotatable bonds is 3. The van der Waals surface area contributed by atoms with Gasteiger partial charge in [-0.05, 0) is 72.6 Å². The van der Waals surface area contributed by atoms with Gasteiger partial charge in [-0.15, -0.1) is 0 Å². The van der Waals surface area contributed by atoms with Gasteiger partial charge >= 0.3 is 0 Å². The van der Waals surface area contributed by atoms with E-state index in [1.54, 1.807) is 42.6 Å². The second kappa shape index (κ2) is 9.95. The van der Waals surface area contributed by atoms with Gasteiger partial charge in [0.05, 0.1) is 12.3 Å². The number of nitrogens with one attached hydrogen (secondary N) is 2. The van der Waals surface area contributed by atoms with Gasteiger partial charge in [0.1, 0.15) is 18.1 Å².